The number of aliphatic carboxylic acids is 2. The molecule has 0 saturated heterocycles. The molecule has 0 fully saturated rings. The van der Waals surface area contributed by atoms with Crippen LogP contribution in [0.2, 0.25) is 0 Å². The summed E-state index contributed by atoms with van der Waals surface area (Å²) < 4.78 is 11.2. The second kappa shape index (κ2) is 19.0. The number of hydrogen-bond donors (Lipinski definition) is 3. The fourth-order valence-corrected chi connectivity index (χ4v) is 6.25. The highest BCUT2D eigenvalue weighted by atomic mass is 16.6. The van der Waals surface area contributed by atoms with Gasteiger partial charge >= 0.3 is 23.9 Å². The average Bonchev–Trinajstić information content (AvgIpc) is 3.11. The SMILES string of the molecule is COC(=O)C1=C(C)NC(C)=C(C(=O)OC(C)(C)CN(C)CCC(c2ccccc2)c2ccccc2)C1c1cccc([N+](=O)[O-])c1.O=C(O)C=CC(=O)O. The van der Waals surface area contributed by atoms with Gasteiger partial charge in [0, 0.05) is 48.1 Å². The number of carbonyl (C=O) groups is 4. The van der Waals surface area contributed by atoms with Gasteiger partial charge in [-0.2, -0.15) is 0 Å². The van der Waals surface area contributed by atoms with Crippen LogP contribution in [-0.2, 0) is 28.7 Å². The number of carboxylic acids is 2. The topological polar surface area (TPSA) is 186 Å². The predicted octanol–water partition coefficient (Wildman–Crippen LogP) is 6.19. The van der Waals surface area contributed by atoms with Crippen LogP contribution in [0.15, 0.2) is 120 Å². The molecule has 3 aromatic carbocycles. The summed E-state index contributed by atoms with van der Waals surface area (Å²) in [6.45, 7) is 8.34. The quantitative estimate of drug-likeness (QED) is 0.0741. The van der Waals surface area contributed by atoms with Crippen LogP contribution in [0.5, 0.6) is 0 Å². The molecule has 1 aliphatic rings. The number of rotatable bonds is 14. The molecule has 0 aromatic heterocycles. The molecule has 1 aliphatic heterocycles. The Morgan fingerprint density at radius 3 is 1.85 bits per heavy atom. The number of non-ortho nitro benzene ring substituents is 1. The van der Waals surface area contributed by atoms with Crippen LogP contribution >= 0.6 is 0 Å². The number of nitro benzene ring substituents is 1. The maximum atomic E-state index is 14.0. The number of dihydropyridines is 1. The highest BCUT2D eigenvalue weighted by Crippen LogP contribution is 2.40. The molecule has 0 amide bonds. The molecule has 1 atom stereocenters. The third-order valence-electron chi connectivity index (χ3n) is 8.39. The van der Waals surface area contributed by atoms with Gasteiger partial charge in [-0.15, -0.1) is 0 Å². The first-order valence-corrected chi connectivity index (χ1v) is 16.7. The molecule has 0 spiro atoms. The molecule has 53 heavy (non-hydrogen) atoms. The molecular weight excluding hydrogens is 682 g/mol. The van der Waals surface area contributed by atoms with Gasteiger partial charge in [0.05, 0.1) is 29.1 Å². The first-order valence-electron chi connectivity index (χ1n) is 16.7. The Kier molecular flexibility index (Phi) is 14.8. The van der Waals surface area contributed by atoms with Crippen LogP contribution in [0, 0.1) is 10.1 Å². The Labute approximate surface area is 308 Å². The molecule has 13 nitrogen and oxygen atoms in total. The molecule has 1 heterocycles. The normalized spacial score (nSPS) is 14.4. The summed E-state index contributed by atoms with van der Waals surface area (Å²) in [6, 6.07) is 26.8. The lowest BCUT2D eigenvalue weighted by Gasteiger charge is -2.34. The summed E-state index contributed by atoms with van der Waals surface area (Å²) in [6.07, 6.45) is 1.98. The van der Waals surface area contributed by atoms with Crippen molar-refractivity contribution < 1.29 is 43.8 Å². The Bertz CT molecular complexity index is 1830. The lowest BCUT2D eigenvalue weighted by molar-refractivity contribution is -0.384. The minimum absolute atomic E-state index is 0.149. The molecule has 0 saturated carbocycles. The molecule has 4 rings (SSSR count). The van der Waals surface area contributed by atoms with E-state index >= 15 is 0 Å². The second-order valence-electron chi connectivity index (χ2n) is 13.0. The molecule has 13 heteroatoms. The van der Waals surface area contributed by atoms with Crippen molar-refractivity contribution in [1.82, 2.24) is 10.2 Å². The predicted molar refractivity (Wildman–Crippen MR) is 198 cm³/mol. The molecule has 1 unspecified atom stereocenters. The van der Waals surface area contributed by atoms with Gasteiger partial charge in [-0.3, -0.25) is 10.1 Å². The Balaban J connectivity index is 0.000000846. The van der Waals surface area contributed by atoms with Gasteiger partial charge in [-0.05, 0) is 64.4 Å². The highest BCUT2D eigenvalue weighted by Gasteiger charge is 2.40. The number of carbonyl (C=O) groups excluding carboxylic acids is 2. The first-order chi connectivity index (χ1) is 25.0. The van der Waals surface area contributed by atoms with Crippen molar-refractivity contribution in [2.24, 2.45) is 0 Å². The largest absolute Gasteiger partial charge is 0.478 e. The summed E-state index contributed by atoms with van der Waals surface area (Å²) in [5, 5.41) is 30.3. The van der Waals surface area contributed by atoms with E-state index in [4.69, 9.17) is 19.7 Å². The number of hydrogen-bond acceptors (Lipinski definition) is 10. The van der Waals surface area contributed by atoms with Crippen molar-refractivity contribution in [2.45, 2.75) is 51.6 Å². The van der Waals surface area contributed by atoms with Crippen molar-refractivity contribution in [3.05, 3.63) is 146 Å². The van der Waals surface area contributed by atoms with E-state index in [9.17, 15) is 29.3 Å². The summed E-state index contributed by atoms with van der Waals surface area (Å²) >= 11 is 0. The van der Waals surface area contributed by atoms with Gasteiger partial charge < -0.3 is 29.9 Å². The lowest BCUT2D eigenvalue weighted by Crippen LogP contribution is -2.42. The van der Waals surface area contributed by atoms with Gasteiger partial charge in [0.2, 0.25) is 0 Å². The minimum Gasteiger partial charge on any atom is -0.478 e. The maximum Gasteiger partial charge on any atom is 0.337 e. The number of ether oxygens (including phenoxy) is 2. The van der Waals surface area contributed by atoms with Crippen LogP contribution in [0.25, 0.3) is 0 Å². The van der Waals surface area contributed by atoms with E-state index in [0.717, 1.165) is 13.0 Å². The van der Waals surface area contributed by atoms with Crippen LogP contribution < -0.4 is 5.32 Å². The highest BCUT2D eigenvalue weighted by molar-refractivity contribution is 6.00. The summed E-state index contributed by atoms with van der Waals surface area (Å²) in [5.41, 5.74) is 3.24. The Hall–Kier alpha value is -6.08. The lowest BCUT2D eigenvalue weighted by atomic mass is 9.80. The second-order valence-corrected chi connectivity index (χ2v) is 13.0. The molecule has 0 radical (unpaired) electrons. The van der Waals surface area contributed by atoms with Crippen molar-refractivity contribution in [3.8, 4) is 0 Å². The number of benzene rings is 3. The molecular formula is C40H45N3O10. The number of methoxy groups -OCH3 is 1. The molecule has 0 aliphatic carbocycles. The molecule has 3 N–H and O–H groups in total. The third-order valence-corrected chi connectivity index (χ3v) is 8.39. The standard InChI is InChI=1S/C36H41N3O6.C4H4O4/c1-24-31(34(40)44-6)33(28-18-13-19-29(22-28)39(42)43)32(25(2)37-24)35(41)45-36(3,4)23-38(5)21-20-30(26-14-9-7-10-15-26)27-16-11-8-12-17-27;5-3(6)1-2-4(7)8/h7-19,22,30,33,37H,20-21,23H2,1-6H3;1-2H,(H,5,6)(H,7,8). The van der Waals surface area contributed by atoms with Gasteiger partial charge in [0.25, 0.3) is 5.69 Å². The van der Waals surface area contributed by atoms with E-state index in [1.54, 1.807) is 19.9 Å². The number of nitro groups is 1. The smallest absolute Gasteiger partial charge is 0.337 e. The number of likely N-dealkylation sites (N-methyl/N-ethyl adjacent to an activating group) is 1. The van der Waals surface area contributed by atoms with Crippen molar-refractivity contribution in [2.75, 3.05) is 27.2 Å². The zero-order valence-electron chi connectivity index (χ0n) is 30.6. The number of nitrogens with zero attached hydrogens (tertiary/aromatic N) is 2. The van der Waals surface area contributed by atoms with Crippen LogP contribution in [0.3, 0.4) is 0 Å². The van der Waals surface area contributed by atoms with Gasteiger partial charge in [0.1, 0.15) is 5.60 Å². The monoisotopic (exact) mass is 727 g/mol. The van der Waals surface area contributed by atoms with E-state index < -0.39 is 40.3 Å². The van der Waals surface area contributed by atoms with E-state index in [1.165, 1.54) is 36.4 Å². The zero-order chi connectivity index (χ0) is 39.3. The van der Waals surface area contributed by atoms with E-state index in [0.29, 0.717) is 35.7 Å². The van der Waals surface area contributed by atoms with Crippen LogP contribution in [0.1, 0.15) is 62.6 Å². The van der Waals surface area contributed by atoms with Gasteiger partial charge in [0.15, 0.2) is 0 Å². The van der Waals surface area contributed by atoms with Crippen molar-refractivity contribution in [3.63, 3.8) is 0 Å². The van der Waals surface area contributed by atoms with Crippen molar-refractivity contribution >= 4 is 29.6 Å². The van der Waals surface area contributed by atoms with Crippen LogP contribution in [-0.4, -0.2) is 76.8 Å². The maximum absolute atomic E-state index is 14.0. The van der Waals surface area contributed by atoms with E-state index in [-0.39, 0.29) is 22.8 Å². The fourth-order valence-electron chi connectivity index (χ4n) is 6.25. The number of esters is 2. The fraction of sp³-hybridized carbons (Fsp3) is 0.300. The Morgan fingerprint density at radius 1 is 0.868 bits per heavy atom. The number of carboxylic acid groups (broad SMARTS) is 2. The van der Waals surface area contributed by atoms with Crippen molar-refractivity contribution in [1.29, 1.82) is 0 Å². The third kappa shape index (κ3) is 12.0. The average molecular weight is 728 g/mol. The summed E-state index contributed by atoms with van der Waals surface area (Å²) in [7, 11) is 3.26. The van der Waals surface area contributed by atoms with E-state index in [1.807, 2.05) is 33.0 Å². The molecule has 3 aromatic rings. The van der Waals surface area contributed by atoms with E-state index in [2.05, 4.69) is 58.7 Å². The Morgan fingerprint density at radius 2 is 1.38 bits per heavy atom. The van der Waals surface area contributed by atoms with Crippen LogP contribution in [0.4, 0.5) is 5.69 Å². The summed E-state index contributed by atoms with van der Waals surface area (Å²) in [4.78, 5) is 59.3. The summed E-state index contributed by atoms with van der Waals surface area (Å²) in [5.74, 6) is -4.48. The molecule has 0 bridgehead atoms. The first kappa shape index (κ1) is 41.3. The van der Waals surface area contributed by atoms with Gasteiger partial charge in [-0.25, -0.2) is 19.2 Å². The number of nitrogens with one attached hydrogen (secondary N) is 1. The van der Waals surface area contributed by atoms with Gasteiger partial charge in [-0.1, -0.05) is 72.8 Å². The number of allylic oxidation sites excluding steroid dienone is 2. The minimum atomic E-state index is -1.26. The zero-order valence-corrected chi connectivity index (χ0v) is 30.6. The molecule has 280 valence electrons.